The Labute approximate surface area is 112 Å². The maximum absolute atomic E-state index is 12.2. The van der Waals surface area contributed by atoms with Crippen molar-refractivity contribution in [3.8, 4) is 0 Å². The van der Waals surface area contributed by atoms with Crippen LogP contribution in [0.5, 0.6) is 0 Å². The Balaban J connectivity index is 2.95. The van der Waals surface area contributed by atoms with Crippen LogP contribution in [0.1, 0.15) is 43.6 Å². The fourth-order valence-electron chi connectivity index (χ4n) is 1.36. The molecular weight excluding hydrogens is 278 g/mol. The van der Waals surface area contributed by atoms with Crippen molar-refractivity contribution >= 4 is 21.8 Å². The third-order valence-electron chi connectivity index (χ3n) is 3.39. The smallest absolute Gasteiger partial charge is 0.252 e. The Morgan fingerprint density at radius 3 is 2.47 bits per heavy atom. The lowest BCUT2D eigenvalue weighted by molar-refractivity contribution is 0.0889. The highest BCUT2D eigenvalue weighted by molar-refractivity contribution is 9.10. The van der Waals surface area contributed by atoms with Crippen molar-refractivity contribution in [1.29, 1.82) is 0 Å². The third kappa shape index (κ3) is 3.32. The number of amides is 1. The van der Waals surface area contributed by atoms with Crippen molar-refractivity contribution in [2.24, 2.45) is 5.92 Å². The molecule has 0 fully saturated rings. The predicted molar refractivity (Wildman–Crippen MR) is 75.3 cm³/mol. The van der Waals surface area contributed by atoms with Gasteiger partial charge in [0.1, 0.15) is 0 Å². The summed E-state index contributed by atoms with van der Waals surface area (Å²) in [5, 5.41) is 3.08. The first-order valence-corrected chi connectivity index (χ1v) is 6.62. The van der Waals surface area contributed by atoms with E-state index in [-0.39, 0.29) is 11.4 Å². The molecule has 3 heteroatoms. The topological polar surface area (TPSA) is 29.1 Å². The molecule has 17 heavy (non-hydrogen) atoms. The number of hydrogen-bond donors (Lipinski definition) is 1. The summed E-state index contributed by atoms with van der Waals surface area (Å²) >= 11 is 3.44. The number of nitrogens with one attached hydrogen (secondary N) is 1. The Hall–Kier alpha value is -0.830. The van der Waals surface area contributed by atoms with E-state index in [0.717, 1.165) is 15.6 Å². The normalized spacial score (nSPS) is 11.7. The molecule has 1 amide bonds. The molecule has 0 radical (unpaired) electrons. The highest BCUT2D eigenvalue weighted by Gasteiger charge is 2.25. The molecule has 0 heterocycles. The zero-order valence-corrected chi connectivity index (χ0v) is 12.7. The maximum atomic E-state index is 12.2. The zero-order valence-electron chi connectivity index (χ0n) is 11.1. The van der Waals surface area contributed by atoms with E-state index < -0.39 is 0 Å². The van der Waals surface area contributed by atoms with Gasteiger partial charge >= 0.3 is 0 Å². The summed E-state index contributed by atoms with van der Waals surface area (Å²) in [7, 11) is 0. The molecule has 1 aromatic rings. The van der Waals surface area contributed by atoms with E-state index in [1.54, 1.807) is 0 Å². The van der Waals surface area contributed by atoms with Gasteiger partial charge in [0.15, 0.2) is 0 Å². The Morgan fingerprint density at radius 1 is 1.35 bits per heavy atom. The first kappa shape index (κ1) is 14.2. The third-order valence-corrected chi connectivity index (χ3v) is 4.25. The van der Waals surface area contributed by atoms with Crippen molar-refractivity contribution in [1.82, 2.24) is 5.32 Å². The molecule has 0 spiro atoms. The van der Waals surface area contributed by atoms with Gasteiger partial charge in [-0.05, 0) is 44.4 Å². The Morgan fingerprint density at radius 2 is 1.94 bits per heavy atom. The summed E-state index contributed by atoms with van der Waals surface area (Å²) in [6, 6.07) is 5.68. The summed E-state index contributed by atoms with van der Waals surface area (Å²) in [4.78, 5) is 12.2. The van der Waals surface area contributed by atoms with Gasteiger partial charge in [0.05, 0.1) is 0 Å². The second kappa shape index (κ2) is 5.21. The van der Waals surface area contributed by atoms with Crippen LogP contribution in [0, 0.1) is 12.8 Å². The lowest BCUT2D eigenvalue weighted by Gasteiger charge is -2.30. The van der Waals surface area contributed by atoms with Gasteiger partial charge in [-0.25, -0.2) is 0 Å². The molecule has 0 saturated heterocycles. The molecule has 1 N–H and O–H groups in total. The monoisotopic (exact) mass is 297 g/mol. The molecule has 1 aromatic carbocycles. The average Bonchev–Trinajstić information content (AvgIpc) is 2.21. The molecule has 0 aromatic heterocycles. The van der Waals surface area contributed by atoms with Gasteiger partial charge in [-0.3, -0.25) is 4.79 Å². The Bertz CT molecular complexity index is 424. The van der Waals surface area contributed by atoms with Gasteiger partial charge in [0.25, 0.3) is 5.91 Å². The Kier molecular flexibility index (Phi) is 4.36. The molecule has 0 unspecified atom stereocenters. The van der Waals surface area contributed by atoms with Crippen molar-refractivity contribution in [3.05, 3.63) is 33.8 Å². The van der Waals surface area contributed by atoms with Crippen molar-refractivity contribution in [2.75, 3.05) is 0 Å². The van der Waals surface area contributed by atoms with Crippen LogP contribution in [-0.4, -0.2) is 11.4 Å². The first-order chi connectivity index (χ1) is 7.75. The molecule has 0 aliphatic carbocycles. The van der Waals surface area contributed by atoms with Crippen LogP contribution in [0.3, 0.4) is 0 Å². The van der Waals surface area contributed by atoms with Crippen LogP contribution >= 0.6 is 15.9 Å². The summed E-state index contributed by atoms with van der Waals surface area (Å²) in [5.41, 5.74) is 1.50. The van der Waals surface area contributed by atoms with Gasteiger partial charge < -0.3 is 5.32 Å². The number of carbonyl (C=O) groups is 1. The minimum absolute atomic E-state index is 0.0116. The number of benzene rings is 1. The number of carbonyl (C=O) groups excluding carboxylic acids is 1. The summed E-state index contributed by atoms with van der Waals surface area (Å²) in [6.07, 6.45) is 0. The minimum atomic E-state index is -0.203. The van der Waals surface area contributed by atoms with Crippen LogP contribution in [0.25, 0.3) is 0 Å². The van der Waals surface area contributed by atoms with Crippen LogP contribution in [-0.2, 0) is 0 Å². The first-order valence-electron chi connectivity index (χ1n) is 5.83. The summed E-state index contributed by atoms with van der Waals surface area (Å²) in [5.74, 6) is 0.376. The van der Waals surface area contributed by atoms with Gasteiger partial charge in [0, 0.05) is 15.6 Å². The van der Waals surface area contributed by atoms with Crippen LogP contribution in [0.15, 0.2) is 22.7 Å². The molecule has 0 atom stereocenters. The average molecular weight is 298 g/mol. The molecule has 0 aliphatic heterocycles. The second-order valence-electron chi connectivity index (χ2n) is 5.24. The van der Waals surface area contributed by atoms with Gasteiger partial charge in [-0.15, -0.1) is 0 Å². The molecule has 1 rings (SSSR count). The summed E-state index contributed by atoms with van der Waals surface area (Å²) in [6.45, 7) is 10.2. The van der Waals surface area contributed by atoms with E-state index in [4.69, 9.17) is 0 Å². The van der Waals surface area contributed by atoms with Gasteiger partial charge in [-0.1, -0.05) is 35.8 Å². The number of halogens is 1. The molecular formula is C14H20BrNO. The van der Waals surface area contributed by atoms with Crippen LogP contribution in [0.4, 0.5) is 0 Å². The predicted octanol–water partition coefficient (Wildman–Crippen LogP) is 3.92. The van der Waals surface area contributed by atoms with E-state index in [0.29, 0.717) is 5.92 Å². The lowest BCUT2D eigenvalue weighted by Crippen LogP contribution is -2.47. The van der Waals surface area contributed by atoms with Crippen molar-refractivity contribution in [3.63, 3.8) is 0 Å². The van der Waals surface area contributed by atoms with Crippen molar-refractivity contribution in [2.45, 2.75) is 40.2 Å². The molecule has 0 saturated carbocycles. The fourth-order valence-corrected chi connectivity index (χ4v) is 1.72. The number of hydrogen-bond acceptors (Lipinski definition) is 1. The lowest BCUT2D eigenvalue weighted by atomic mass is 9.90. The van der Waals surface area contributed by atoms with E-state index >= 15 is 0 Å². The largest absolute Gasteiger partial charge is 0.347 e. The van der Waals surface area contributed by atoms with Crippen molar-refractivity contribution < 1.29 is 4.79 Å². The highest BCUT2D eigenvalue weighted by Crippen LogP contribution is 2.21. The molecule has 2 nitrogen and oxygen atoms in total. The molecule has 0 aliphatic rings. The molecule has 94 valence electrons. The SMILES string of the molecule is Cc1c(Br)cccc1C(=O)NC(C)(C)C(C)C. The van der Waals surface area contributed by atoms with Gasteiger partial charge in [-0.2, -0.15) is 0 Å². The zero-order chi connectivity index (χ0) is 13.2. The highest BCUT2D eigenvalue weighted by atomic mass is 79.9. The van der Waals surface area contributed by atoms with Crippen LogP contribution in [0.2, 0.25) is 0 Å². The maximum Gasteiger partial charge on any atom is 0.252 e. The van der Waals surface area contributed by atoms with E-state index in [1.807, 2.05) is 39.0 Å². The quantitative estimate of drug-likeness (QED) is 0.900. The summed E-state index contributed by atoms with van der Waals surface area (Å²) < 4.78 is 0.965. The second-order valence-corrected chi connectivity index (χ2v) is 6.10. The minimum Gasteiger partial charge on any atom is -0.347 e. The van der Waals surface area contributed by atoms with Gasteiger partial charge in [0.2, 0.25) is 0 Å². The standard InChI is InChI=1S/C14H20BrNO/c1-9(2)14(4,5)16-13(17)11-7-6-8-12(15)10(11)3/h6-9H,1-5H3,(H,16,17). The van der Waals surface area contributed by atoms with E-state index in [1.165, 1.54) is 0 Å². The van der Waals surface area contributed by atoms with Crippen LogP contribution < -0.4 is 5.32 Å². The fraction of sp³-hybridized carbons (Fsp3) is 0.500. The van der Waals surface area contributed by atoms with E-state index in [2.05, 4.69) is 35.1 Å². The van der Waals surface area contributed by atoms with E-state index in [9.17, 15) is 4.79 Å². The molecule has 0 bridgehead atoms. The number of rotatable bonds is 3.